The standard InChI is InChI=1S/C11H7IN4O/c12-8-3-1-7(2-4-8)9-5-10(17)16-11(15-9)13-6-14-16/h1-6H,(H,13,14,15). The van der Waals surface area contributed by atoms with Crippen LogP contribution in [0.1, 0.15) is 0 Å². The number of fused-ring (bicyclic) bond motifs is 1. The maximum Gasteiger partial charge on any atom is 0.276 e. The van der Waals surface area contributed by atoms with Crippen LogP contribution in [0.5, 0.6) is 0 Å². The minimum Gasteiger partial charge on any atom is -0.323 e. The minimum absolute atomic E-state index is 0.190. The van der Waals surface area contributed by atoms with Crippen molar-refractivity contribution < 1.29 is 0 Å². The van der Waals surface area contributed by atoms with Crippen molar-refractivity contribution >= 4 is 28.4 Å². The molecule has 1 aromatic carbocycles. The molecule has 0 saturated heterocycles. The fraction of sp³-hybridized carbons (Fsp3) is 0. The summed E-state index contributed by atoms with van der Waals surface area (Å²) in [5.41, 5.74) is 1.50. The quantitative estimate of drug-likeness (QED) is 0.687. The van der Waals surface area contributed by atoms with Gasteiger partial charge in [-0.3, -0.25) is 4.79 Å². The van der Waals surface area contributed by atoms with E-state index in [-0.39, 0.29) is 5.56 Å². The average molecular weight is 338 g/mol. The van der Waals surface area contributed by atoms with Crippen molar-refractivity contribution in [1.29, 1.82) is 0 Å². The zero-order valence-electron chi connectivity index (χ0n) is 8.59. The molecular formula is C11H7IN4O. The summed E-state index contributed by atoms with van der Waals surface area (Å²) in [6, 6.07) is 9.41. The highest BCUT2D eigenvalue weighted by Crippen LogP contribution is 2.17. The van der Waals surface area contributed by atoms with Gasteiger partial charge in [-0.1, -0.05) is 12.1 Å². The van der Waals surface area contributed by atoms with Crippen LogP contribution in [0.15, 0.2) is 41.5 Å². The Bertz CT molecular complexity index is 729. The van der Waals surface area contributed by atoms with Gasteiger partial charge in [0.15, 0.2) is 0 Å². The zero-order valence-corrected chi connectivity index (χ0v) is 10.7. The van der Waals surface area contributed by atoms with E-state index in [1.165, 1.54) is 16.9 Å². The summed E-state index contributed by atoms with van der Waals surface area (Å²) in [4.78, 5) is 18.8. The third kappa shape index (κ3) is 1.84. The number of aromatic amines is 1. The number of hydrogen-bond donors (Lipinski definition) is 1. The van der Waals surface area contributed by atoms with Crippen molar-refractivity contribution in [2.45, 2.75) is 0 Å². The third-order valence-electron chi connectivity index (χ3n) is 2.43. The van der Waals surface area contributed by atoms with Crippen LogP contribution in [-0.4, -0.2) is 19.6 Å². The van der Waals surface area contributed by atoms with Gasteiger partial charge in [-0.2, -0.15) is 14.6 Å². The molecule has 0 unspecified atom stereocenters. The molecule has 0 fully saturated rings. The van der Waals surface area contributed by atoms with Gasteiger partial charge in [0.25, 0.3) is 5.56 Å². The van der Waals surface area contributed by atoms with Crippen LogP contribution in [0.3, 0.4) is 0 Å². The van der Waals surface area contributed by atoms with Crippen LogP contribution < -0.4 is 5.56 Å². The van der Waals surface area contributed by atoms with Crippen LogP contribution in [0, 0.1) is 3.57 Å². The Balaban J connectivity index is 2.23. The fourth-order valence-electron chi connectivity index (χ4n) is 1.61. The first-order chi connectivity index (χ1) is 8.24. The van der Waals surface area contributed by atoms with Crippen molar-refractivity contribution in [2.24, 2.45) is 0 Å². The Morgan fingerprint density at radius 1 is 1.24 bits per heavy atom. The molecule has 2 aromatic heterocycles. The van der Waals surface area contributed by atoms with Crippen molar-refractivity contribution in [3.63, 3.8) is 0 Å². The predicted molar refractivity (Wildman–Crippen MR) is 71.8 cm³/mol. The van der Waals surface area contributed by atoms with E-state index < -0.39 is 0 Å². The number of H-pyrrole nitrogens is 1. The number of halogens is 1. The normalized spacial score (nSPS) is 10.9. The first-order valence-corrected chi connectivity index (χ1v) is 6.01. The molecule has 0 aliphatic rings. The second-order valence-corrected chi connectivity index (χ2v) is 4.77. The van der Waals surface area contributed by atoms with Gasteiger partial charge < -0.3 is 4.98 Å². The third-order valence-corrected chi connectivity index (χ3v) is 3.15. The predicted octanol–water partition coefficient (Wildman–Crippen LogP) is 1.69. The number of hydrogen-bond acceptors (Lipinski definition) is 3. The molecule has 0 amide bonds. The SMILES string of the molecule is O=c1cc(-c2ccc(I)cc2)[nH]c2ncnn12. The van der Waals surface area contributed by atoms with Gasteiger partial charge in [0.1, 0.15) is 6.33 Å². The molecule has 0 aliphatic heterocycles. The molecule has 2 heterocycles. The smallest absolute Gasteiger partial charge is 0.276 e. The molecule has 3 aromatic rings. The molecule has 0 radical (unpaired) electrons. The number of nitrogens with zero attached hydrogens (tertiary/aromatic N) is 3. The summed E-state index contributed by atoms with van der Waals surface area (Å²) in [5.74, 6) is 0.450. The summed E-state index contributed by atoms with van der Waals surface area (Å²) in [5, 5.41) is 3.83. The van der Waals surface area contributed by atoms with E-state index in [2.05, 4.69) is 37.7 Å². The molecule has 3 rings (SSSR count). The van der Waals surface area contributed by atoms with E-state index in [9.17, 15) is 4.79 Å². The number of nitrogens with one attached hydrogen (secondary N) is 1. The molecule has 6 heteroatoms. The molecule has 5 nitrogen and oxygen atoms in total. The summed E-state index contributed by atoms with van der Waals surface area (Å²) < 4.78 is 2.38. The van der Waals surface area contributed by atoms with E-state index in [1.807, 2.05) is 24.3 Å². The maximum atomic E-state index is 11.7. The summed E-state index contributed by atoms with van der Waals surface area (Å²) in [6.45, 7) is 0. The van der Waals surface area contributed by atoms with E-state index >= 15 is 0 Å². The number of rotatable bonds is 1. The Labute approximate surface area is 110 Å². The summed E-state index contributed by atoms with van der Waals surface area (Å²) >= 11 is 2.24. The molecule has 0 aliphatic carbocycles. The molecule has 0 atom stereocenters. The molecule has 1 N–H and O–H groups in total. The van der Waals surface area contributed by atoms with Gasteiger partial charge in [0, 0.05) is 9.64 Å². The zero-order chi connectivity index (χ0) is 11.8. The average Bonchev–Trinajstić information content (AvgIpc) is 2.78. The topological polar surface area (TPSA) is 63.0 Å². The van der Waals surface area contributed by atoms with Gasteiger partial charge in [-0.15, -0.1) is 0 Å². The van der Waals surface area contributed by atoms with Crippen LogP contribution in [-0.2, 0) is 0 Å². The highest BCUT2D eigenvalue weighted by Gasteiger charge is 2.04. The minimum atomic E-state index is -0.190. The summed E-state index contributed by atoms with van der Waals surface area (Å²) in [7, 11) is 0. The highest BCUT2D eigenvalue weighted by molar-refractivity contribution is 14.1. The molecule has 0 spiro atoms. The molecule has 84 valence electrons. The van der Waals surface area contributed by atoms with E-state index in [0.717, 1.165) is 14.8 Å². The number of aromatic nitrogens is 4. The van der Waals surface area contributed by atoms with Gasteiger partial charge >= 0.3 is 0 Å². The van der Waals surface area contributed by atoms with Crippen molar-refractivity contribution in [2.75, 3.05) is 0 Å². The monoisotopic (exact) mass is 338 g/mol. The second kappa shape index (κ2) is 3.95. The Morgan fingerprint density at radius 3 is 2.76 bits per heavy atom. The molecule has 17 heavy (non-hydrogen) atoms. The molecule has 0 bridgehead atoms. The van der Waals surface area contributed by atoms with Crippen LogP contribution in [0.2, 0.25) is 0 Å². The largest absolute Gasteiger partial charge is 0.323 e. The van der Waals surface area contributed by atoms with E-state index in [1.54, 1.807) is 0 Å². The van der Waals surface area contributed by atoms with Crippen LogP contribution in [0.25, 0.3) is 17.0 Å². The Kier molecular flexibility index (Phi) is 2.43. The van der Waals surface area contributed by atoms with Gasteiger partial charge in [0.2, 0.25) is 5.78 Å². The second-order valence-electron chi connectivity index (χ2n) is 3.52. The first-order valence-electron chi connectivity index (χ1n) is 4.93. The van der Waals surface area contributed by atoms with Crippen LogP contribution >= 0.6 is 22.6 Å². The van der Waals surface area contributed by atoms with Gasteiger partial charge in [-0.25, -0.2) is 0 Å². The molecular weight excluding hydrogens is 331 g/mol. The lowest BCUT2D eigenvalue weighted by atomic mass is 10.1. The maximum absolute atomic E-state index is 11.7. The van der Waals surface area contributed by atoms with Crippen LogP contribution in [0.4, 0.5) is 0 Å². The number of benzene rings is 1. The van der Waals surface area contributed by atoms with Crippen molar-refractivity contribution in [3.8, 4) is 11.3 Å². The van der Waals surface area contributed by atoms with Gasteiger partial charge in [0.05, 0.1) is 5.69 Å². The van der Waals surface area contributed by atoms with E-state index in [0.29, 0.717) is 5.78 Å². The van der Waals surface area contributed by atoms with E-state index in [4.69, 9.17) is 0 Å². The highest BCUT2D eigenvalue weighted by atomic mass is 127. The van der Waals surface area contributed by atoms with Gasteiger partial charge in [-0.05, 0) is 40.3 Å². The fourth-order valence-corrected chi connectivity index (χ4v) is 1.97. The molecule has 0 saturated carbocycles. The summed E-state index contributed by atoms with van der Waals surface area (Å²) in [6.07, 6.45) is 1.35. The lowest BCUT2D eigenvalue weighted by molar-refractivity contribution is 0.900. The lowest BCUT2D eigenvalue weighted by Crippen LogP contribution is -2.14. The van der Waals surface area contributed by atoms with Crippen molar-refractivity contribution in [1.82, 2.24) is 19.6 Å². The Hall–Kier alpha value is -1.70. The lowest BCUT2D eigenvalue weighted by Gasteiger charge is -2.02. The Morgan fingerprint density at radius 2 is 2.00 bits per heavy atom. The first kappa shape index (κ1) is 10.5. The van der Waals surface area contributed by atoms with Crippen molar-refractivity contribution in [3.05, 3.63) is 50.6 Å².